The second-order valence-corrected chi connectivity index (χ2v) is 5.95. The molecule has 1 aromatic rings. The van der Waals surface area contributed by atoms with Crippen molar-refractivity contribution >= 4 is 28.8 Å². The van der Waals surface area contributed by atoms with Crippen LogP contribution in [0.15, 0.2) is 12.1 Å². The molecule has 3 nitrogen and oxygen atoms in total. The monoisotopic (exact) mass is 259 g/mol. The van der Waals surface area contributed by atoms with Crippen molar-refractivity contribution in [3.63, 3.8) is 0 Å². The van der Waals surface area contributed by atoms with Crippen molar-refractivity contribution in [2.75, 3.05) is 13.1 Å². The molecule has 1 fully saturated rings. The van der Waals surface area contributed by atoms with Crippen LogP contribution in [0.25, 0.3) is 0 Å². The summed E-state index contributed by atoms with van der Waals surface area (Å²) in [6.07, 6.45) is 1.69. The topological polar surface area (TPSA) is 40.5 Å². The van der Waals surface area contributed by atoms with Gasteiger partial charge in [0.05, 0.1) is 27.9 Å². The van der Waals surface area contributed by atoms with Crippen LogP contribution in [0.4, 0.5) is 0 Å². The number of aliphatic hydroxyl groups is 1. The van der Waals surface area contributed by atoms with E-state index in [-0.39, 0.29) is 5.91 Å². The van der Waals surface area contributed by atoms with Gasteiger partial charge in [-0.15, -0.1) is 11.3 Å². The van der Waals surface area contributed by atoms with Gasteiger partial charge < -0.3 is 10.0 Å². The van der Waals surface area contributed by atoms with Gasteiger partial charge in [-0.05, 0) is 18.6 Å². The van der Waals surface area contributed by atoms with Crippen molar-refractivity contribution in [1.29, 1.82) is 0 Å². The van der Waals surface area contributed by atoms with Crippen molar-refractivity contribution in [3.8, 4) is 0 Å². The molecule has 2 rings (SSSR count). The first-order valence-corrected chi connectivity index (χ1v) is 6.50. The Bertz CT molecular complexity index is 398. The first-order chi connectivity index (χ1) is 7.54. The van der Waals surface area contributed by atoms with E-state index in [1.54, 1.807) is 17.0 Å². The number of hydrogen-bond donors (Lipinski definition) is 1. The first kappa shape index (κ1) is 11.9. The summed E-state index contributed by atoms with van der Waals surface area (Å²) >= 11 is 7.05. The number of carbonyl (C=O) groups excluding carboxylic acids is 1. The molecule has 0 spiro atoms. The Labute approximate surface area is 104 Å². The van der Waals surface area contributed by atoms with Crippen LogP contribution < -0.4 is 0 Å². The van der Waals surface area contributed by atoms with Crippen molar-refractivity contribution < 1.29 is 9.90 Å². The van der Waals surface area contributed by atoms with E-state index in [1.165, 1.54) is 11.3 Å². The molecular formula is C11H14ClNO2S. The van der Waals surface area contributed by atoms with E-state index in [0.29, 0.717) is 22.3 Å². The lowest BCUT2D eigenvalue weighted by atomic mass is 9.89. The maximum atomic E-state index is 11.9. The molecule has 16 heavy (non-hydrogen) atoms. The normalized spacial score (nSPS) is 18.3. The summed E-state index contributed by atoms with van der Waals surface area (Å²) in [5.74, 6) is -0.0299. The Morgan fingerprint density at radius 2 is 2.31 bits per heavy atom. The minimum atomic E-state index is -0.661. The van der Waals surface area contributed by atoms with Gasteiger partial charge in [0.25, 0.3) is 5.91 Å². The number of thiophene rings is 1. The third kappa shape index (κ3) is 2.24. The van der Waals surface area contributed by atoms with Gasteiger partial charge in [-0.3, -0.25) is 4.79 Å². The first-order valence-electron chi connectivity index (χ1n) is 5.31. The molecule has 2 heterocycles. The molecular weight excluding hydrogens is 246 g/mol. The van der Waals surface area contributed by atoms with Crippen LogP contribution in [0, 0.1) is 0 Å². The highest BCUT2D eigenvalue weighted by Crippen LogP contribution is 2.29. The fraction of sp³-hybridized carbons (Fsp3) is 0.545. The van der Waals surface area contributed by atoms with Crippen LogP contribution >= 0.6 is 22.9 Å². The molecule has 0 radical (unpaired) electrons. The van der Waals surface area contributed by atoms with Crippen molar-refractivity contribution in [2.24, 2.45) is 0 Å². The van der Waals surface area contributed by atoms with E-state index in [1.807, 2.05) is 6.92 Å². The minimum Gasteiger partial charge on any atom is -0.386 e. The molecule has 1 aliphatic rings. The van der Waals surface area contributed by atoms with E-state index in [0.717, 1.165) is 12.8 Å². The molecule has 88 valence electrons. The van der Waals surface area contributed by atoms with Crippen molar-refractivity contribution in [2.45, 2.75) is 25.4 Å². The van der Waals surface area contributed by atoms with Crippen LogP contribution in [0.1, 0.15) is 29.4 Å². The SMILES string of the molecule is CCCC1(O)CN(C(=O)c2ccc(Cl)s2)C1. The van der Waals surface area contributed by atoms with E-state index < -0.39 is 5.60 Å². The summed E-state index contributed by atoms with van der Waals surface area (Å²) < 4.78 is 0.618. The largest absolute Gasteiger partial charge is 0.386 e. The average molecular weight is 260 g/mol. The van der Waals surface area contributed by atoms with Crippen LogP contribution in [-0.4, -0.2) is 34.6 Å². The molecule has 0 atom stereocenters. The van der Waals surface area contributed by atoms with E-state index in [2.05, 4.69) is 0 Å². The van der Waals surface area contributed by atoms with Gasteiger partial charge in [0, 0.05) is 0 Å². The number of likely N-dealkylation sites (tertiary alicyclic amines) is 1. The van der Waals surface area contributed by atoms with Crippen molar-refractivity contribution in [1.82, 2.24) is 4.90 Å². The van der Waals surface area contributed by atoms with Gasteiger partial charge in [-0.2, -0.15) is 0 Å². The number of rotatable bonds is 3. The minimum absolute atomic E-state index is 0.0299. The Morgan fingerprint density at radius 1 is 1.62 bits per heavy atom. The molecule has 0 aliphatic carbocycles. The molecule has 1 aromatic heterocycles. The summed E-state index contributed by atoms with van der Waals surface area (Å²) in [5, 5.41) is 9.96. The fourth-order valence-electron chi connectivity index (χ4n) is 2.02. The number of β-amino-alcohol motifs (C(OH)–C–C–N with tert-alkyl or cyclic N) is 1. The maximum absolute atomic E-state index is 11.9. The molecule has 0 bridgehead atoms. The van der Waals surface area contributed by atoms with Gasteiger partial charge in [-0.1, -0.05) is 24.9 Å². The van der Waals surface area contributed by atoms with Gasteiger partial charge in [-0.25, -0.2) is 0 Å². The summed E-state index contributed by atoms with van der Waals surface area (Å²) in [7, 11) is 0. The van der Waals surface area contributed by atoms with Gasteiger partial charge in [0.2, 0.25) is 0 Å². The second kappa shape index (κ2) is 4.35. The number of nitrogens with zero attached hydrogens (tertiary/aromatic N) is 1. The highest BCUT2D eigenvalue weighted by atomic mass is 35.5. The highest BCUT2D eigenvalue weighted by molar-refractivity contribution is 7.17. The molecule has 5 heteroatoms. The molecule has 0 aromatic carbocycles. The lowest BCUT2D eigenvalue weighted by Crippen LogP contribution is -2.63. The maximum Gasteiger partial charge on any atom is 0.264 e. The molecule has 1 N–H and O–H groups in total. The molecule has 1 saturated heterocycles. The second-order valence-electron chi connectivity index (χ2n) is 4.24. The standard InChI is InChI=1S/C11H14ClNO2S/c1-2-5-11(15)6-13(7-11)10(14)8-3-4-9(12)16-8/h3-4,15H,2,5-7H2,1H3. The van der Waals surface area contributed by atoms with Gasteiger partial charge >= 0.3 is 0 Å². The summed E-state index contributed by atoms with van der Waals surface area (Å²) in [6, 6.07) is 3.45. The Kier molecular flexibility index (Phi) is 3.24. The smallest absolute Gasteiger partial charge is 0.264 e. The summed E-state index contributed by atoms with van der Waals surface area (Å²) in [5.41, 5.74) is -0.661. The highest BCUT2D eigenvalue weighted by Gasteiger charge is 2.43. The predicted molar refractivity (Wildman–Crippen MR) is 65.1 cm³/mol. The fourth-order valence-corrected chi connectivity index (χ4v) is 3.03. The van der Waals surface area contributed by atoms with Crippen LogP contribution in [-0.2, 0) is 0 Å². The number of hydrogen-bond acceptors (Lipinski definition) is 3. The summed E-state index contributed by atoms with van der Waals surface area (Å²) in [6.45, 7) is 2.91. The Morgan fingerprint density at radius 3 is 2.81 bits per heavy atom. The number of carbonyl (C=O) groups is 1. The lowest BCUT2D eigenvalue weighted by Gasteiger charge is -2.46. The van der Waals surface area contributed by atoms with Gasteiger partial charge in [0.1, 0.15) is 0 Å². The quantitative estimate of drug-likeness (QED) is 0.906. The predicted octanol–water partition coefficient (Wildman–Crippen LogP) is 2.39. The average Bonchev–Trinajstić information content (AvgIpc) is 2.60. The Hall–Kier alpha value is -0.580. The Balaban J connectivity index is 1.95. The zero-order chi connectivity index (χ0) is 11.8. The van der Waals surface area contributed by atoms with E-state index in [9.17, 15) is 9.90 Å². The summed E-state index contributed by atoms with van der Waals surface area (Å²) in [4.78, 5) is 14.2. The van der Waals surface area contributed by atoms with Crippen molar-refractivity contribution in [3.05, 3.63) is 21.3 Å². The van der Waals surface area contributed by atoms with Crippen LogP contribution in [0.5, 0.6) is 0 Å². The van der Waals surface area contributed by atoms with E-state index >= 15 is 0 Å². The van der Waals surface area contributed by atoms with Crippen LogP contribution in [0.3, 0.4) is 0 Å². The van der Waals surface area contributed by atoms with E-state index in [4.69, 9.17) is 11.6 Å². The van der Waals surface area contributed by atoms with Crippen LogP contribution in [0.2, 0.25) is 4.34 Å². The lowest BCUT2D eigenvalue weighted by molar-refractivity contribution is -0.0858. The third-order valence-electron chi connectivity index (χ3n) is 2.76. The number of amides is 1. The zero-order valence-electron chi connectivity index (χ0n) is 9.07. The van der Waals surface area contributed by atoms with Gasteiger partial charge in [0.15, 0.2) is 0 Å². The zero-order valence-corrected chi connectivity index (χ0v) is 10.6. The molecule has 1 amide bonds. The molecule has 1 aliphatic heterocycles. The third-order valence-corrected chi connectivity index (χ3v) is 3.98. The molecule has 0 saturated carbocycles. The number of halogens is 1. The molecule has 0 unspecified atom stereocenters.